The molecule has 0 radical (unpaired) electrons. The minimum Gasteiger partial charge on any atom is -0.346 e. The van der Waals surface area contributed by atoms with E-state index >= 15 is 0 Å². The number of ketones is 2. The van der Waals surface area contributed by atoms with Gasteiger partial charge in [0, 0.05) is 34.3 Å². The normalized spacial score (nSPS) is 20.2. The number of allylic oxidation sites excluding steroid dienone is 4. The lowest BCUT2D eigenvalue weighted by atomic mass is 9.68. The average molecular weight is 429 g/mol. The highest BCUT2D eigenvalue weighted by Gasteiger charge is 2.47. The summed E-state index contributed by atoms with van der Waals surface area (Å²) >= 11 is 6.39. The van der Waals surface area contributed by atoms with Gasteiger partial charge in [-0.1, -0.05) is 55.1 Å². The summed E-state index contributed by atoms with van der Waals surface area (Å²) in [4.78, 5) is 27.7. The van der Waals surface area contributed by atoms with Gasteiger partial charge in [-0.3, -0.25) is 9.59 Å². The summed E-state index contributed by atoms with van der Waals surface area (Å²) in [7, 11) is 1.95. The zero-order valence-corrected chi connectivity index (χ0v) is 18.0. The number of fused-ring (bicyclic) bond motifs is 3. The zero-order valence-electron chi connectivity index (χ0n) is 17.2. The number of rotatable bonds is 1. The number of halogens is 1. The fourth-order valence-corrected chi connectivity index (χ4v) is 5.75. The number of Topliss-reactive ketones (excluding diaryl/α,β-unsaturated/α-hetero) is 2. The molecule has 3 aliphatic rings. The number of carbonyl (C=O) groups excluding carboxylic acids is 2. The fourth-order valence-electron chi connectivity index (χ4n) is 5.53. The van der Waals surface area contributed by atoms with E-state index in [0.29, 0.717) is 21.7 Å². The average Bonchev–Trinajstić information content (AvgIpc) is 3.15. The van der Waals surface area contributed by atoms with Crippen LogP contribution in [0, 0.1) is 11.3 Å². The van der Waals surface area contributed by atoms with E-state index < -0.39 is 0 Å². The van der Waals surface area contributed by atoms with Gasteiger partial charge in [0.15, 0.2) is 11.6 Å². The Labute approximate surface area is 186 Å². The molecule has 2 aromatic carbocycles. The van der Waals surface area contributed by atoms with Crippen LogP contribution in [0.3, 0.4) is 0 Å². The number of anilines is 1. The van der Waals surface area contributed by atoms with Crippen LogP contribution in [0.25, 0.3) is 0 Å². The molecule has 1 aliphatic heterocycles. The van der Waals surface area contributed by atoms with E-state index in [4.69, 9.17) is 11.6 Å². The number of nitriles is 1. The standard InChI is InChI=1S/C26H21ClN2O2/c1-29-22(10-9-20-24(30)18-7-3-4-8-19(18)25(20)31)26(11-5-2-6-12-26)21-14-17(27)13-16(15-28)23(21)29/h3-4,7-10,13-14H,2,5-6,11-12H2,1H3/b22-10+. The molecule has 2 aromatic rings. The van der Waals surface area contributed by atoms with Crippen molar-refractivity contribution >= 4 is 28.9 Å². The maximum Gasteiger partial charge on any atom is 0.197 e. The summed E-state index contributed by atoms with van der Waals surface area (Å²) in [5.74, 6) is -0.455. The molecule has 0 unspecified atom stereocenters. The molecule has 1 heterocycles. The molecular formula is C26H21ClN2O2. The Bertz CT molecular complexity index is 1210. The van der Waals surface area contributed by atoms with Gasteiger partial charge in [-0.15, -0.1) is 0 Å². The van der Waals surface area contributed by atoms with E-state index in [1.165, 1.54) is 6.42 Å². The van der Waals surface area contributed by atoms with Crippen LogP contribution in [-0.4, -0.2) is 18.6 Å². The number of nitrogens with zero attached hydrogens (tertiary/aromatic N) is 2. The Morgan fingerprint density at radius 3 is 2.29 bits per heavy atom. The van der Waals surface area contributed by atoms with Crippen LogP contribution >= 0.6 is 11.6 Å². The second-order valence-corrected chi connectivity index (χ2v) is 8.94. The molecule has 31 heavy (non-hydrogen) atoms. The quantitative estimate of drug-likeness (QED) is 0.428. The minimum atomic E-state index is -0.257. The maximum absolute atomic E-state index is 12.8. The van der Waals surface area contributed by atoms with Crippen molar-refractivity contribution in [3.05, 3.63) is 87.1 Å². The van der Waals surface area contributed by atoms with Crippen LogP contribution in [0.2, 0.25) is 5.02 Å². The van der Waals surface area contributed by atoms with E-state index in [0.717, 1.165) is 42.6 Å². The summed E-state index contributed by atoms with van der Waals surface area (Å²) in [6.45, 7) is 0. The molecule has 0 atom stereocenters. The fraction of sp³-hybridized carbons (Fsp3) is 0.269. The van der Waals surface area contributed by atoms with E-state index in [9.17, 15) is 14.9 Å². The number of carbonyl (C=O) groups is 2. The Hall–Kier alpha value is -3.16. The highest BCUT2D eigenvalue weighted by atomic mass is 35.5. The summed E-state index contributed by atoms with van der Waals surface area (Å²) in [5, 5.41) is 10.3. The second kappa shape index (κ2) is 7.21. The van der Waals surface area contributed by atoms with Crippen molar-refractivity contribution in [1.29, 1.82) is 5.26 Å². The van der Waals surface area contributed by atoms with Crippen molar-refractivity contribution < 1.29 is 9.59 Å². The van der Waals surface area contributed by atoms with Crippen LogP contribution in [0.5, 0.6) is 0 Å². The van der Waals surface area contributed by atoms with Crippen molar-refractivity contribution in [1.82, 2.24) is 0 Å². The van der Waals surface area contributed by atoms with Crippen molar-refractivity contribution in [2.24, 2.45) is 0 Å². The lowest BCUT2D eigenvalue weighted by Crippen LogP contribution is -2.31. The van der Waals surface area contributed by atoms with E-state index in [-0.39, 0.29) is 22.6 Å². The van der Waals surface area contributed by atoms with E-state index in [1.807, 2.05) is 24.1 Å². The smallest absolute Gasteiger partial charge is 0.197 e. The molecule has 5 heteroatoms. The van der Waals surface area contributed by atoms with Gasteiger partial charge in [0.25, 0.3) is 0 Å². The first-order valence-corrected chi connectivity index (χ1v) is 10.9. The molecule has 1 saturated carbocycles. The van der Waals surface area contributed by atoms with Gasteiger partial charge >= 0.3 is 0 Å². The summed E-state index contributed by atoms with van der Waals surface area (Å²) in [6.07, 6.45) is 8.83. The van der Waals surface area contributed by atoms with Crippen molar-refractivity contribution in [3.63, 3.8) is 0 Å². The molecule has 5 rings (SSSR count). The molecule has 4 nitrogen and oxygen atoms in total. The first kappa shape index (κ1) is 19.8. The van der Waals surface area contributed by atoms with Crippen LogP contribution in [0.1, 0.15) is 63.9 Å². The molecule has 2 aliphatic carbocycles. The van der Waals surface area contributed by atoms with Gasteiger partial charge in [0.1, 0.15) is 6.07 Å². The Kier molecular flexibility index (Phi) is 4.60. The van der Waals surface area contributed by atoms with Crippen LogP contribution in [-0.2, 0) is 5.41 Å². The largest absolute Gasteiger partial charge is 0.346 e. The van der Waals surface area contributed by atoms with Gasteiger partial charge in [0.05, 0.1) is 16.8 Å². The lowest BCUT2D eigenvalue weighted by Gasteiger charge is -2.36. The highest BCUT2D eigenvalue weighted by molar-refractivity contribution is 6.39. The molecule has 0 saturated heterocycles. The number of benzene rings is 2. The van der Waals surface area contributed by atoms with Crippen molar-refractivity contribution in [3.8, 4) is 6.07 Å². The van der Waals surface area contributed by atoms with Gasteiger partial charge < -0.3 is 4.90 Å². The van der Waals surface area contributed by atoms with Crippen molar-refractivity contribution in [2.75, 3.05) is 11.9 Å². The molecule has 0 amide bonds. The number of likely N-dealkylation sites (N-methyl/N-ethyl adjacent to an activating group) is 1. The van der Waals surface area contributed by atoms with E-state index in [1.54, 1.807) is 36.4 Å². The number of hydrogen-bond acceptors (Lipinski definition) is 4. The number of hydrogen-bond donors (Lipinski definition) is 0. The molecule has 0 aromatic heterocycles. The van der Waals surface area contributed by atoms with Crippen LogP contribution in [0.4, 0.5) is 5.69 Å². The predicted octanol–water partition coefficient (Wildman–Crippen LogP) is 5.75. The molecule has 1 spiro atoms. The maximum atomic E-state index is 12.8. The van der Waals surface area contributed by atoms with Gasteiger partial charge in [-0.05, 0) is 42.7 Å². The van der Waals surface area contributed by atoms with Crippen LogP contribution in [0.15, 0.2) is 59.8 Å². The SMILES string of the molecule is CN1/C(=C/C=C2C(=O)c3ccccc3C2=O)C2(CCCCC2)c2cc(Cl)cc(C#N)c21. The second-order valence-electron chi connectivity index (χ2n) is 8.50. The minimum absolute atomic E-state index is 0.197. The molecule has 0 bridgehead atoms. The Morgan fingerprint density at radius 2 is 1.68 bits per heavy atom. The highest BCUT2D eigenvalue weighted by Crippen LogP contribution is 2.56. The summed E-state index contributed by atoms with van der Waals surface area (Å²) < 4.78 is 0. The predicted molar refractivity (Wildman–Crippen MR) is 121 cm³/mol. The van der Waals surface area contributed by atoms with Crippen LogP contribution < -0.4 is 4.90 Å². The molecule has 1 fully saturated rings. The first-order chi connectivity index (χ1) is 15.0. The Balaban J connectivity index is 1.66. The van der Waals surface area contributed by atoms with Gasteiger partial charge in [-0.25, -0.2) is 0 Å². The monoisotopic (exact) mass is 428 g/mol. The zero-order chi connectivity index (χ0) is 21.8. The van der Waals surface area contributed by atoms with Crippen molar-refractivity contribution in [2.45, 2.75) is 37.5 Å². The van der Waals surface area contributed by atoms with Gasteiger partial charge in [-0.2, -0.15) is 5.26 Å². The third-order valence-corrected chi connectivity index (χ3v) is 7.14. The Morgan fingerprint density at radius 1 is 1.03 bits per heavy atom. The topological polar surface area (TPSA) is 61.2 Å². The third kappa shape index (κ3) is 2.80. The van der Waals surface area contributed by atoms with Gasteiger partial charge in [0.2, 0.25) is 0 Å². The van der Waals surface area contributed by atoms with E-state index in [2.05, 4.69) is 6.07 Å². The molecule has 154 valence electrons. The third-order valence-electron chi connectivity index (χ3n) is 6.92. The first-order valence-electron chi connectivity index (χ1n) is 10.6. The summed E-state index contributed by atoms with van der Waals surface area (Å²) in [5.41, 5.74) is 4.39. The summed E-state index contributed by atoms with van der Waals surface area (Å²) in [6, 6.07) is 12.9. The molecule has 0 N–H and O–H groups in total. The molecular weight excluding hydrogens is 408 g/mol. The lowest BCUT2D eigenvalue weighted by molar-refractivity contribution is 0.0988.